The van der Waals surface area contributed by atoms with Crippen molar-refractivity contribution in [3.63, 3.8) is 0 Å². The zero-order valence-corrected chi connectivity index (χ0v) is 9.63. The number of aliphatic carboxylic acids is 1. The zero-order valence-electron chi connectivity index (χ0n) is 9.63. The van der Waals surface area contributed by atoms with Gasteiger partial charge in [-0.05, 0) is 19.4 Å². The maximum Gasteiger partial charge on any atom is 0.326 e. The molecule has 2 rings (SSSR count). The van der Waals surface area contributed by atoms with Crippen LogP contribution in [0.1, 0.15) is 19.3 Å². The molecule has 1 amide bonds. The van der Waals surface area contributed by atoms with Crippen LogP contribution in [-0.4, -0.2) is 58.8 Å². The number of likely N-dealkylation sites (tertiary alicyclic amines) is 1. The standard InChI is InChI=1S/C11H18N2O4/c14-8-4-9(11(16)17)13(6-8)10(15)7-2-1-3-12-5-7/h7-9,12,14H,1-6H2,(H,16,17). The highest BCUT2D eigenvalue weighted by atomic mass is 16.4. The SMILES string of the molecule is O=C(O)C1CC(O)CN1C(=O)C1CCCNC1. The molecule has 0 aliphatic carbocycles. The first kappa shape index (κ1) is 12.3. The molecule has 3 atom stereocenters. The topological polar surface area (TPSA) is 89.9 Å². The van der Waals surface area contributed by atoms with Gasteiger partial charge in [0.25, 0.3) is 0 Å². The summed E-state index contributed by atoms with van der Waals surface area (Å²) in [7, 11) is 0. The first-order valence-corrected chi connectivity index (χ1v) is 6.01. The normalized spacial score (nSPS) is 33.7. The van der Waals surface area contributed by atoms with E-state index in [0.717, 1.165) is 19.4 Å². The molecule has 0 saturated carbocycles. The predicted octanol–water partition coefficient (Wildman–Crippen LogP) is -0.968. The van der Waals surface area contributed by atoms with Gasteiger partial charge in [0.1, 0.15) is 6.04 Å². The van der Waals surface area contributed by atoms with E-state index in [9.17, 15) is 14.7 Å². The van der Waals surface area contributed by atoms with Crippen LogP contribution in [0.2, 0.25) is 0 Å². The Balaban J connectivity index is 2.04. The predicted molar refractivity (Wildman–Crippen MR) is 59.4 cm³/mol. The molecule has 2 aliphatic heterocycles. The molecule has 0 aromatic rings. The second-order valence-corrected chi connectivity index (χ2v) is 4.78. The monoisotopic (exact) mass is 242 g/mol. The minimum Gasteiger partial charge on any atom is -0.480 e. The molecule has 2 fully saturated rings. The van der Waals surface area contributed by atoms with Gasteiger partial charge in [-0.3, -0.25) is 4.79 Å². The van der Waals surface area contributed by atoms with Crippen molar-refractivity contribution < 1.29 is 19.8 Å². The Labute approximate surface area is 99.6 Å². The van der Waals surface area contributed by atoms with Crippen LogP contribution in [0.25, 0.3) is 0 Å². The van der Waals surface area contributed by atoms with Crippen molar-refractivity contribution in [1.29, 1.82) is 0 Å². The molecule has 6 nitrogen and oxygen atoms in total. The second-order valence-electron chi connectivity index (χ2n) is 4.78. The number of carbonyl (C=O) groups is 2. The average molecular weight is 242 g/mol. The summed E-state index contributed by atoms with van der Waals surface area (Å²) >= 11 is 0. The molecule has 2 heterocycles. The fourth-order valence-electron chi connectivity index (χ4n) is 2.59. The Morgan fingerprint density at radius 2 is 2.12 bits per heavy atom. The van der Waals surface area contributed by atoms with E-state index in [0.29, 0.717) is 6.54 Å². The number of nitrogens with zero attached hydrogens (tertiary/aromatic N) is 1. The number of carboxylic acid groups (broad SMARTS) is 1. The highest BCUT2D eigenvalue weighted by molar-refractivity contribution is 5.86. The Bertz CT molecular complexity index is 315. The van der Waals surface area contributed by atoms with Crippen molar-refractivity contribution in [1.82, 2.24) is 10.2 Å². The molecule has 0 aromatic carbocycles. The van der Waals surface area contributed by atoms with Crippen LogP contribution in [0.3, 0.4) is 0 Å². The van der Waals surface area contributed by atoms with Crippen molar-refractivity contribution in [2.24, 2.45) is 5.92 Å². The van der Waals surface area contributed by atoms with Crippen LogP contribution in [0.15, 0.2) is 0 Å². The fourth-order valence-corrected chi connectivity index (χ4v) is 2.59. The Morgan fingerprint density at radius 3 is 2.71 bits per heavy atom. The molecule has 2 saturated heterocycles. The molecule has 0 spiro atoms. The molecule has 3 unspecified atom stereocenters. The highest BCUT2D eigenvalue weighted by Gasteiger charge is 2.41. The molecule has 2 aliphatic rings. The Kier molecular flexibility index (Phi) is 3.63. The van der Waals surface area contributed by atoms with Crippen LogP contribution in [-0.2, 0) is 9.59 Å². The number of carboxylic acids is 1. The maximum atomic E-state index is 12.2. The largest absolute Gasteiger partial charge is 0.480 e. The van der Waals surface area contributed by atoms with Gasteiger partial charge in [-0.1, -0.05) is 0 Å². The number of aliphatic hydroxyl groups is 1. The molecule has 3 N–H and O–H groups in total. The van der Waals surface area contributed by atoms with Crippen LogP contribution in [0.4, 0.5) is 0 Å². The summed E-state index contributed by atoms with van der Waals surface area (Å²) in [5.41, 5.74) is 0. The van der Waals surface area contributed by atoms with E-state index >= 15 is 0 Å². The van der Waals surface area contributed by atoms with Crippen LogP contribution < -0.4 is 5.32 Å². The van der Waals surface area contributed by atoms with Gasteiger partial charge in [0.05, 0.1) is 12.0 Å². The van der Waals surface area contributed by atoms with E-state index in [1.54, 1.807) is 0 Å². The van der Waals surface area contributed by atoms with Gasteiger partial charge in [0.15, 0.2) is 0 Å². The molecular weight excluding hydrogens is 224 g/mol. The molecule has 96 valence electrons. The Morgan fingerprint density at radius 1 is 1.35 bits per heavy atom. The number of β-amino-alcohol motifs (C(OH)–C–C–N with tert-alkyl or cyclic N) is 1. The third kappa shape index (κ3) is 2.58. The average Bonchev–Trinajstić information content (AvgIpc) is 2.72. The number of hydrogen-bond donors (Lipinski definition) is 3. The van der Waals surface area contributed by atoms with Crippen LogP contribution in [0, 0.1) is 5.92 Å². The summed E-state index contributed by atoms with van der Waals surface area (Å²) < 4.78 is 0. The van der Waals surface area contributed by atoms with Gasteiger partial charge in [-0.2, -0.15) is 0 Å². The number of piperidine rings is 1. The van der Waals surface area contributed by atoms with Crippen LogP contribution in [0.5, 0.6) is 0 Å². The first-order valence-electron chi connectivity index (χ1n) is 6.01. The third-order valence-electron chi connectivity index (χ3n) is 3.49. The zero-order chi connectivity index (χ0) is 12.4. The third-order valence-corrected chi connectivity index (χ3v) is 3.49. The smallest absolute Gasteiger partial charge is 0.326 e. The lowest BCUT2D eigenvalue weighted by molar-refractivity contribution is -0.150. The van der Waals surface area contributed by atoms with E-state index in [1.165, 1.54) is 4.90 Å². The molecular formula is C11H18N2O4. The Hall–Kier alpha value is -1.14. The lowest BCUT2D eigenvalue weighted by atomic mass is 9.98. The van der Waals surface area contributed by atoms with E-state index in [2.05, 4.69) is 5.32 Å². The van der Waals surface area contributed by atoms with E-state index < -0.39 is 18.1 Å². The number of rotatable bonds is 2. The van der Waals surface area contributed by atoms with Crippen LogP contribution >= 0.6 is 0 Å². The molecule has 6 heteroatoms. The quantitative estimate of drug-likeness (QED) is 0.580. The lowest BCUT2D eigenvalue weighted by Crippen LogP contribution is -2.47. The van der Waals surface area contributed by atoms with E-state index in [1.807, 2.05) is 0 Å². The lowest BCUT2D eigenvalue weighted by Gasteiger charge is -2.29. The number of hydrogen-bond acceptors (Lipinski definition) is 4. The minimum atomic E-state index is -1.03. The second kappa shape index (κ2) is 5.01. The molecule has 0 bridgehead atoms. The first-order chi connectivity index (χ1) is 8.09. The molecule has 0 aromatic heterocycles. The summed E-state index contributed by atoms with van der Waals surface area (Å²) in [6.45, 7) is 1.67. The highest BCUT2D eigenvalue weighted by Crippen LogP contribution is 2.23. The van der Waals surface area contributed by atoms with Crippen molar-refractivity contribution in [2.75, 3.05) is 19.6 Å². The number of carbonyl (C=O) groups excluding carboxylic acids is 1. The fraction of sp³-hybridized carbons (Fsp3) is 0.818. The molecule has 0 radical (unpaired) electrons. The maximum absolute atomic E-state index is 12.2. The van der Waals surface area contributed by atoms with Gasteiger partial charge in [-0.15, -0.1) is 0 Å². The van der Waals surface area contributed by atoms with Gasteiger partial charge in [-0.25, -0.2) is 4.79 Å². The van der Waals surface area contributed by atoms with Crippen molar-refractivity contribution in [3.05, 3.63) is 0 Å². The van der Waals surface area contributed by atoms with Gasteiger partial charge in [0, 0.05) is 19.5 Å². The number of nitrogens with one attached hydrogen (secondary N) is 1. The van der Waals surface area contributed by atoms with Gasteiger partial charge in [0.2, 0.25) is 5.91 Å². The summed E-state index contributed by atoms with van der Waals surface area (Å²) in [6.07, 6.45) is 1.16. The van der Waals surface area contributed by atoms with Crippen molar-refractivity contribution >= 4 is 11.9 Å². The van der Waals surface area contributed by atoms with Crippen molar-refractivity contribution in [3.8, 4) is 0 Å². The van der Waals surface area contributed by atoms with Gasteiger partial charge < -0.3 is 20.4 Å². The van der Waals surface area contributed by atoms with E-state index in [4.69, 9.17) is 5.11 Å². The van der Waals surface area contributed by atoms with E-state index in [-0.39, 0.29) is 24.8 Å². The minimum absolute atomic E-state index is 0.138. The summed E-state index contributed by atoms with van der Waals surface area (Å²) in [5, 5.41) is 21.7. The molecule has 17 heavy (non-hydrogen) atoms. The van der Waals surface area contributed by atoms with Gasteiger partial charge >= 0.3 is 5.97 Å². The van der Waals surface area contributed by atoms with Crippen molar-refractivity contribution in [2.45, 2.75) is 31.4 Å². The summed E-state index contributed by atoms with van der Waals surface area (Å²) in [6, 6.07) is -0.862. The number of aliphatic hydroxyl groups excluding tert-OH is 1. The number of amides is 1. The summed E-state index contributed by atoms with van der Waals surface area (Å²) in [5.74, 6) is -1.31. The summed E-state index contributed by atoms with van der Waals surface area (Å²) in [4.78, 5) is 24.5.